The van der Waals surface area contributed by atoms with Crippen LogP contribution in [-0.4, -0.2) is 17.6 Å². The summed E-state index contributed by atoms with van der Waals surface area (Å²) in [5, 5.41) is 0. The van der Waals surface area contributed by atoms with Gasteiger partial charge < -0.3 is 9.88 Å². The summed E-state index contributed by atoms with van der Waals surface area (Å²) >= 11 is 0. The molecule has 0 saturated carbocycles. The Bertz CT molecular complexity index is 1250. The number of nitrogens with one attached hydrogen (secondary N) is 1. The number of nitrogens with zero attached hydrogens (tertiary/aromatic N) is 2. The quantitative estimate of drug-likeness (QED) is 0.587. The molecule has 5 nitrogen and oxygen atoms in total. The maximum Gasteiger partial charge on any atom is 0.416 e. The van der Waals surface area contributed by atoms with Crippen molar-refractivity contribution in [1.29, 1.82) is 0 Å². The molecular formula is C22H17F4N3O2. The normalized spacial score (nSPS) is 14.1. The van der Waals surface area contributed by atoms with E-state index in [4.69, 9.17) is 0 Å². The number of aromatic nitrogens is 1. The highest BCUT2D eigenvalue weighted by atomic mass is 19.4. The lowest BCUT2D eigenvalue weighted by Gasteiger charge is -2.39. The van der Waals surface area contributed by atoms with Gasteiger partial charge in [-0.1, -0.05) is 0 Å². The molecule has 4 rings (SSSR count). The van der Waals surface area contributed by atoms with Gasteiger partial charge in [0.15, 0.2) is 0 Å². The second-order valence-electron chi connectivity index (χ2n) is 7.30. The largest absolute Gasteiger partial charge is 0.416 e. The predicted molar refractivity (Wildman–Crippen MR) is 108 cm³/mol. The smallest absolute Gasteiger partial charge is 0.324 e. The number of pyridine rings is 1. The fourth-order valence-electron chi connectivity index (χ4n) is 3.72. The Labute approximate surface area is 174 Å². The number of fused-ring (bicyclic) bond motifs is 1. The number of H-pyrrole nitrogens is 1. The van der Waals surface area contributed by atoms with Gasteiger partial charge in [0.25, 0.3) is 5.91 Å². The van der Waals surface area contributed by atoms with Gasteiger partial charge in [-0.25, -0.2) is 4.39 Å². The van der Waals surface area contributed by atoms with E-state index in [2.05, 4.69) is 4.98 Å². The number of carbonyl (C=O) groups excluding carboxylic acids is 1. The Kier molecular flexibility index (Phi) is 4.83. The molecule has 0 aliphatic carbocycles. The van der Waals surface area contributed by atoms with Crippen LogP contribution in [0.1, 0.15) is 27.2 Å². The van der Waals surface area contributed by atoms with Crippen LogP contribution < -0.4 is 15.4 Å². The summed E-state index contributed by atoms with van der Waals surface area (Å²) in [6.07, 6.45) is -4.62. The second-order valence-corrected chi connectivity index (χ2v) is 7.30. The van der Waals surface area contributed by atoms with Crippen molar-refractivity contribution in [3.8, 4) is 0 Å². The first-order valence-corrected chi connectivity index (χ1v) is 9.33. The Morgan fingerprint density at radius 3 is 2.19 bits per heavy atom. The van der Waals surface area contributed by atoms with Crippen LogP contribution in [0.15, 0.2) is 53.3 Å². The lowest BCUT2D eigenvalue weighted by atomic mass is 10.0. The number of halogens is 4. The van der Waals surface area contributed by atoms with E-state index in [1.807, 2.05) is 0 Å². The van der Waals surface area contributed by atoms with Gasteiger partial charge in [0.2, 0.25) is 5.56 Å². The van der Waals surface area contributed by atoms with Gasteiger partial charge in [-0.05, 0) is 61.9 Å². The molecular weight excluding hydrogens is 414 g/mol. The Morgan fingerprint density at radius 1 is 0.871 bits per heavy atom. The number of rotatable bonds is 2. The van der Waals surface area contributed by atoms with Crippen molar-refractivity contribution in [2.45, 2.75) is 20.0 Å². The average Bonchev–Trinajstić information content (AvgIpc) is 2.68. The minimum Gasteiger partial charge on any atom is -0.324 e. The molecule has 31 heavy (non-hydrogen) atoms. The highest BCUT2D eigenvalue weighted by Crippen LogP contribution is 2.40. The third-order valence-electron chi connectivity index (χ3n) is 5.20. The van der Waals surface area contributed by atoms with Crippen LogP contribution in [-0.2, 0) is 6.18 Å². The van der Waals surface area contributed by atoms with Crippen LogP contribution in [0.25, 0.3) is 0 Å². The second kappa shape index (κ2) is 7.26. The first-order chi connectivity index (χ1) is 14.6. The number of hydrogen-bond donors (Lipinski definition) is 1. The lowest BCUT2D eigenvalue weighted by molar-refractivity contribution is -0.137. The fraction of sp³-hybridized carbons (Fsp3) is 0.182. The number of hydrogen-bond acceptors (Lipinski definition) is 3. The average molecular weight is 431 g/mol. The summed E-state index contributed by atoms with van der Waals surface area (Å²) in [6, 6.07) is 9.74. The zero-order valence-electron chi connectivity index (χ0n) is 16.5. The molecule has 3 aromatic rings. The van der Waals surface area contributed by atoms with Crippen molar-refractivity contribution >= 4 is 23.0 Å². The van der Waals surface area contributed by atoms with Gasteiger partial charge in [-0.15, -0.1) is 0 Å². The van der Waals surface area contributed by atoms with Gasteiger partial charge in [-0.3, -0.25) is 14.5 Å². The molecule has 1 amide bonds. The van der Waals surface area contributed by atoms with E-state index in [-0.39, 0.29) is 23.5 Å². The van der Waals surface area contributed by atoms with E-state index >= 15 is 0 Å². The van der Waals surface area contributed by atoms with Gasteiger partial charge >= 0.3 is 6.18 Å². The van der Waals surface area contributed by atoms with Crippen LogP contribution in [0.4, 0.5) is 34.6 Å². The highest BCUT2D eigenvalue weighted by Gasteiger charge is 2.37. The summed E-state index contributed by atoms with van der Waals surface area (Å²) in [6.45, 7) is 3.24. The molecule has 9 heteroatoms. The maximum atomic E-state index is 13.6. The summed E-state index contributed by atoms with van der Waals surface area (Å²) in [4.78, 5) is 30.4. The molecule has 0 spiro atoms. The van der Waals surface area contributed by atoms with E-state index < -0.39 is 23.5 Å². The number of aromatic amines is 1. The van der Waals surface area contributed by atoms with Crippen LogP contribution in [0.2, 0.25) is 0 Å². The standard InChI is InChI=1S/C22H17F4N3O2/c1-12-9-15(23)4-6-17(12)28-11-29(18-7-8-20(30)27-13(18)2)21(31)16-10-14(22(24,25)26)3-5-19(16)28/h3-10H,11H2,1-2H3,(H,27,30). The Morgan fingerprint density at radius 2 is 1.55 bits per heavy atom. The van der Waals surface area contributed by atoms with Crippen LogP contribution in [0.5, 0.6) is 0 Å². The molecule has 0 saturated heterocycles. The number of aryl methyl sites for hydroxylation is 2. The maximum absolute atomic E-state index is 13.6. The molecule has 0 fully saturated rings. The van der Waals surface area contributed by atoms with Crippen LogP contribution in [0.3, 0.4) is 0 Å². The van der Waals surface area contributed by atoms with E-state index in [1.54, 1.807) is 18.7 Å². The van der Waals surface area contributed by atoms with Gasteiger partial charge in [0.05, 0.1) is 22.5 Å². The Balaban J connectivity index is 1.93. The fourth-order valence-corrected chi connectivity index (χ4v) is 3.72. The van der Waals surface area contributed by atoms with Crippen LogP contribution >= 0.6 is 0 Å². The molecule has 2 aromatic carbocycles. The minimum atomic E-state index is -4.62. The first-order valence-electron chi connectivity index (χ1n) is 9.33. The van der Waals surface area contributed by atoms with Gasteiger partial charge in [0, 0.05) is 17.4 Å². The number of carbonyl (C=O) groups is 1. The van der Waals surface area contributed by atoms with E-state index in [9.17, 15) is 27.2 Å². The lowest BCUT2D eigenvalue weighted by Crippen LogP contribution is -2.45. The third-order valence-corrected chi connectivity index (χ3v) is 5.20. The zero-order valence-corrected chi connectivity index (χ0v) is 16.5. The number of alkyl halides is 3. The SMILES string of the molecule is Cc1cc(F)ccc1N1CN(c2ccc(=O)[nH]c2C)C(=O)c2cc(C(F)(F)F)ccc21. The van der Waals surface area contributed by atoms with Crippen molar-refractivity contribution in [2.24, 2.45) is 0 Å². The number of benzene rings is 2. The van der Waals surface area contributed by atoms with Crippen molar-refractivity contribution in [3.05, 3.63) is 87.1 Å². The summed E-state index contributed by atoms with van der Waals surface area (Å²) in [7, 11) is 0. The topological polar surface area (TPSA) is 56.4 Å². The Hall–Kier alpha value is -3.62. The molecule has 0 unspecified atom stereocenters. The van der Waals surface area contributed by atoms with Gasteiger partial charge in [-0.2, -0.15) is 13.2 Å². The molecule has 0 radical (unpaired) electrons. The summed E-state index contributed by atoms with van der Waals surface area (Å²) < 4.78 is 53.6. The molecule has 1 N–H and O–H groups in total. The molecule has 0 bridgehead atoms. The molecule has 1 aliphatic heterocycles. The monoisotopic (exact) mass is 431 g/mol. The van der Waals surface area contributed by atoms with E-state index in [0.717, 1.165) is 12.1 Å². The zero-order chi connectivity index (χ0) is 22.5. The van der Waals surface area contributed by atoms with Crippen molar-refractivity contribution < 1.29 is 22.4 Å². The van der Waals surface area contributed by atoms with Gasteiger partial charge in [0.1, 0.15) is 12.5 Å². The third kappa shape index (κ3) is 3.67. The number of anilines is 3. The highest BCUT2D eigenvalue weighted by molar-refractivity contribution is 6.13. The van der Waals surface area contributed by atoms with Crippen molar-refractivity contribution in [1.82, 2.24) is 4.98 Å². The summed E-state index contributed by atoms with van der Waals surface area (Å²) in [5.41, 5.74) is 0.679. The molecule has 160 valence electrons. The van der Waals surface area contributed by atoms with Crippen molar-refractivity contribution in [2.75, 3.05) is 16.5 Å². The molecule has 0 atom stereocenters. The molecule has 2 heterocycles. The minimum absolute atomic E-state index is 0.0312. The van der Waals surface area contributed by atoms with Crippen LogP contribution in [0, 0.1) is 19.7 Å². The molecule has 1 aromatic heterocycles. The summed E-state index contributed by atoms with van der Waals surface area (Å²) in [5.74, 6) is -1.08. The molecule has 1 aliphatic rings. The number of amides is 1. The predicted octanol–water partition coefficient (Wildman–Crippen LogP) is 4.91. The van der Waals surface area contributed by atoms with E-state index in [0.29, 0.717) is 22.6 Å². The first kappa shape index (κ1) is 20.6. The van der Waals surface area contributed by atoms with E-state index in [1.165, 1.54) is 41.3 Å². The van der Waals surface area contributed by atoms with Crippen molar-refractivity contribution in [3.63, 3.8) is 0 Å².